The molecule has 0 fully saturated rings. The van der Waals surface area contributed by atoms with Crippen LogP contribution in [0.25, 0.3) is 0 Å². The van der Waals surface area contributed by atoms with Crippen molar-refractivity contribution in [3.63, 3.8) is 0 Å². The van der Waals surface area contributed by atoms with Crippen molar-refractivity contribution < 1.29 is 14.6 Å². The predicted molar refractivity (Wildman–Crippen MR) is 74.0 cm³/mol. The van der Waals surface area contributed by atoms with Crippen molar-refractivity contribution >= 4 is 28.6 Å². The smallest absolute Gasteiger partial charge is 0.339 e. The summed E-state index contributed by atoms with van der Waals surface area (Å²) in [5.41, 5.74) is 2.01. The highest BCUT2D eigenvalue weighted by Gasteiger charge is 2.14. The van der Waals surface area contributed by atoms with Gasteiger partial charge in [-0.25, -0.2) is 4.79 Å². The van der Waals surface area contributed by atoms with E-state index in [-0.39, 0.29) is 5.56 Å². The summed E-state index contributed by atoms with van der Waals surface area (Å²) in [5, 5.41) is 8.98. The van der Waals surface area contributed by atoms with Gasteiger partial charge in [0.05, 0.1) is 6.61 Å². The quantitative estimate of drug-likeness (QED) is 0.679. The van der Waals surface area contributed by atoms with Crippen LogP contribution in [0.5, 0.6) is 5.75 Å². The highest BCUT2D eigenvalue weighted by molar-refractivity contribution is 14.1. The maximum absolute atomic E-state index is 10.9. The number of alkyl halides is 1. The highest BCUT2D eigenvalue weighted by atomic mass is 127. The average Bonchev–Trinajstić information content (AvgIpc) is 2.19. The normalized spacial score (nSPS) is 9.06. The molecular weight excluding hydrogens is 319 g/mol. The Morgan fingerprint density at radius 2 is 1.94 bits per heavy atom. The van der Waals surface area contributed by atoms with Crippen LogP contribution in [0.2, 0.25) is 0 Å². The van der Waals surface area contributed by atoms with Gasteiger partial charge >= 0.3 is 5.97 Å². The molecule has 0 aliphatic rings. The summed E-state index contributed by atoms with van der Waals surface area (Å²) in [5.74, 6) is -0.483. The molecule has 1 N–H and O–H groups in total. The minimum Gasteiger partial charge on any atom is -0.493 e. The monoisotopic (exact) mass is 336 g/mol. The van der Waals surface area contributed by atoms with Crippen molar-refractivity contribution in [3.05, 3.63) is 28.8 Å². The van der Waals surface area contributed by atoms with E-state index in [4.69, 9.17) is 9.84 Å². The second-order valence-electron chi connectivity index (χ2n) is 3.19. The minimum atomic E-state index is -0.939. The Labute approximate surface area is 110 Å². The molecule has 1 aromatic rings. The van der Waals surface area contributed by atoms with Gasteiger partial charge < -0.3 is 9.84 Å². The first kappa shape index (κ1) is 15.2. The maximum atomic E-state index is 10.9. The molecule has 0 aliphatic carbocycles. The van der Waals surface area contributed by atoms with Gasteiger partial charge in [-0.2, -0.15) is 0 Å². The van der Waals surface area contributed by atoms with Gasteiger partial charge in [-0.15, -0.1) is 0 Å². The fourth-order valence-electron chi connectivity index (χ4n) is 1.47. The molecule has 0 spiro atoms. The standard InChI is InChI=1S/C11H14O3.CH3I/c1-4-14-9-6-7(2)5-8(3)10(9)11(12)13;1-2/h5-6H,4H2,1-3H3,(H,12,13);1H3. The van der Waals surface area contributed by atoms with E-state index in [1.165, 1.54) is 0 Å². The Kier molecular flexibility index (Phi) is 7.12. The fourth-order valence-corrected chi connectivity index (χ4v) is 1.47. The summed E-state index contributed by atoms with van der Waals surface area (Å²) in [4.78, 5) is 12.9. The van der Waals surface area contributed by atoms with Crippen LogP contribution in [0.15, 0.2) is 12.1 Å². The SMILES string of the molecule is CCOc1cc(C)cc(C)c1C(=O)O.CI. The van der Waals surface area contributed by atoms with Crippen LogP contribution < -0.4 is 4.74 Å². The lowest BCUT2D eigenvalue weighted by atomic mass is 10.0. The van der Waals surface area contributed by atoms with Crippen molar-refractivity contribution in [2.75, 3.05) is 11.5 Å². The molecule has 1 aromatic carbocycles. The number of carboxylic acid groups (broad SMARTS) is 1. The molecule has 16 heavy (non-hydrogen) atoms. The largest absolute Gasteiger partial charge is 0.493 e. The Bertz CT molecular complexity index is 362. The molecule has 0 heterocycles. The molecule has 0 saturated carbocycles. The van der Waals surface area contributed by atoms with Gasteiger partial charge in [0.25, 0.3) is 0 Å². The van der Waals surface area contributed by atoms with Crippen molar-refractivity contribution in [2.45, 2.75) is 20.8 Å². The van der Waals surface area contributed by atoms with E-state index < -0.39 is 5.97 Å². The van der Waals surface area contributed by atoms with E-state index in [1.807, 2.05) is 24.8 Å². The lowest BCUT2D eigenvalue weighted by molar-refractivity contribution is 0.0691. The summed E-state index contributed by atoms with van der Waals surface area (Å²) in [6.45, 7) is 6.01. The molecule has 0 bridgehead atoms. The molecule has 0 radical (unpaired) electrons. The number of ether oxygens (including phenoxy) is 1. The number of aryl methyl sites for hydroxylation is 2. The number of hydrogen-bond acceptors (Lipinski definition) is 2. The molecule has 4 heteroatoms. The van der Waals surface area contributed by atoms with Crippen LogP contribution in [0, 0.1) is 13.8 Å². The number of carboxylic acids is 1. The fraction of sp³-hybridized carbons (Fsp3) is 0.417. The van der Waals surface area contributed by atoms with Crippen LogP contribution in [-0.2, 0) is 0 Å². The molecule has 0 amide bonds. The lowest BCUT2D eigenvalue weighted by Crippen LogP contribution is -2.05. The zero-order valence-electron chi connectivity index (χ0n) is 10.0. The number of carbonyl (C=O) groups is 1. The Morgan fingerprint density at radius 1 is 1.38 bits per heavy atom. The van der Waals surface area contributed by atoms with E-state index in [9.17, 15) is 4.79 Å². The molecule has 0 unspecified atom stereocenters. The number of aromatic carboxylic acids is 1. The van der Waals surface area contributed by atoms with Crippen molar-refractivity contribution in [2.24, 2.45) is 0 Å². The molecule has 90 valence electrons. The third kappa shape index (κ3) is 4.00. The Morgan fingerprint density at radius 3 is 2.38 bits per heavy atom. The second-order valence-corrected chi connectivity index (χ2v) is 3.19. The second kappa shape index (κ2) is 7.49. The van der Waals surface area contributed by atoms with Gasteiger partial charge in [0.2, 0.25) is 0 Å². The van der Waals surface area contributed by atoms with E-state index in [2.05, 4.69) is 22.6 Å². The average molecular weight is 336 g/mol. The predicted octanol–water partition coefficient (Wildman–Crippen LogP) is 3.45. The molecule has 0 aliphatic heterocycles. The highest BCUT2D eigenvalue weighted by Crippen LogP contribution is 2.24. The third-order valence-electron chi connectivity index (χ3n) is 1.96. The summed E-state index contributed by atoms with van der Waals surface area (Å²) < 4.78 is 5.28. The Hall–Kier alpha value is -0.780. The topological polar surface area (TPSA) is 46.5 Å². The van der Waals surface area contributed by atoms with Gasteiger partial charge in [0.15, 0.2) is 0 Å². The Balaban J connectivity index is 0.00000106. The van der Waals surface area contributed by atoms with E-state index in [1.54, 1.807) is 13.0 Å². The van der Waals surface area contributed by atoms with Crippen molar-refractivity contribution in [1.82, 2.24) is 0 Å². The molecular formula is C12H17IO3. The summed E-state index contributed by atoms with van der Waals surface area (Å²) in [7, 11) is 0. The van der Waals surface area contributed by atoms with Crippen LogP contribution >= 0.6 is 22.6 Å². The number of benzene rings is 1. The van der Waals surface area contributed by atoms with Gasteiger partial charge in [0, 0.05) is 0 Å². The third-order valence-corrected chi connectivity index (χ3v) is 1.96. The van der Waals surface area contributed by atoms with Crippen molar-refractivity contribution in [3.8, 4) is 5.75 Å². The van der Waals surface area contributed by atoms with E-state index in [0.29, 0.717) is 12.4 Å². The van der Waals surface area contributed by atoms with Crippen LogP contribution in [0.3, 0.4) is 0 Å². The summed E-state index contributed by atoms with van der Waals surface area (Å²) >= 11 is 2.15. The zero-order chi connectivity index (χ0) is 12.7. The van der Waals surface area contributed by atoms with Gasteiger partial charge in [-0.05, 0) is 42.9 Å². The number of rotatable bonds is 3. The molecule has 0 atom stereocenters. The van der Waals surface area contributed by atoms with E-state index >= 15 is 0 Å². The minimum absolute atomic E-state index is 0.262. The van der Waals surface area contributed by atoms with E-state index in [0.717, 1.165) is 11.1 Å². The first-order valence-corrected chi connectivity index (χ1v) is 7.07. The van der Waals surface area contributed by atoms with Crippen molar-refractivity contribution in [1.29, 1.82) is 0 Å². The van der Waals surface area contributed by atoms with Crippen LogP contribution in [0.1, 0.15) is 28.4 Å². The molecule has 3 nitrogen and oxygen atoms in total. The molecule has 0 aromatic heterocycles. The molecule has 0 saturated heterocycles. The van der Waals surface area contributed by atoms with Gasteiger partial charge in [-0.3, -0.25) is 0 Å². The van der Waals surface area contributed by atoms with Crippen LogP contribution in [0.4, 0.5) is 0 Å². The maximum Gasteiger partial charge on any atom is 0.339 e. The van der Waals surface area contributed by atoms with Gasteiger partial charge in [-0.1, -0.05) is 28.7 Å². The summed E-state index contributed by atoms with van der Waals surface area (Å²) in [6.07, 6.45) is 0. The van der Waals surface area contributed by atoms with Gasteiger partial charge in [0.1, 0.15) is 11.3 Å². The first-order valence-electron chi connectivity index (χ1n) is 4.91. The first-order chi connectivity index (χ1) is 7.56. The summed E-state index contributed by atoms with van der Waals surface area (Å²) in [6, 6.07) is 3.59. The number of hydrogen-bond donors (Lipinski definition) is 1. The van der Waals surface area contributed by atoms with Crippen LogP contribution in [-0.4, -0.2) is 22.6 Å². The molecule has 1 rings (SSSR count). The lowest BCUT2D eigenvalue weighted by Gasteiger charge is -2.10. The number of halogens is 1. The zero-order valence-corrected chi connectivity index (χ0v) is 12.2.